The first kappa shape index (κ1) is 25.3. The van der Waals surface area contributed by atoms with Crippen LogP contribution in [0.4, 0.5) is 0 Å². The summed E-state index contributed by atoms with van der Waals surface area (Å²) in [5.41, 5.74) is 5.23. The van der Waals surface area contributed by atoms with Crippen molar-refractivity contribution in [2.75, 3.05) is 13.2 Å². The van der Waals surface area contributed by atoms with Gasteiger partial charge in [0.05, 0.1) is 6.61 Å². The van der Waals surface area contributed by atoms with Crippen molar-refractivity contribution >= 4 is 17.6 Å². The lowest BCUT2D eigenvalue weighted by Gasteiger charge is -2.13. The highest BCUT2D eigenvalue weighted by Crippen LogP contribution is 2.32. The lowest BCUT2D eigenvalue weighted by molar-refractivity contribution is -0.145. The molecule has 0 atom stereocenters. The number of hydrogen-bond acceptors (Lipinski definition) is 4. The van der Waals surface area contributed by atoms with Gasteiger partial charge in [0, 0.05) is 23.8 Å². The van der Waals surface area contributed by atoms with Gasteiger partial charge in [0.2, 0.25) is 0 Å². The predicted octanol–water partition coefficient (Wildman–Crippen LogP) is 6.41. The molecule has 4 rings (SSSR count). The van der Waals surface area contributed by atoms with Gasteiger partial charge >= 0.3 is 5.97 Å². The number of ether oxygens (including phenoxy) is 2. The summed E-state index contributed by atoms with van der Waals surface area (Å²) in [6, 6.07) is 27.1. The van der Waals surface area contributed by atoms with Crippen molar-refractivity contribution in [2.24, 2.45) is 0 Å². The summed E-state index contributed by atoms with van der Waals surface area (Å²) < 4.78 is 12.2. The van der Waals surface area contributed by atoms with E-state index in [0.29, 0.717) is 23.9 Å². The van der Waals surface area contributed by atoms with Crippen LogP contribution in [0.15, 0.2) is 95.9 Å². The van der Waals surface area contributed by atoms with Gasteiger partial charge in [-0.2, -0.15) is 0 Å². The fraction of sp³-hybridized carbons (Fsp3) is 0.200. The number of nitrogens with zero attached hydrogens (tertiary/aromatic N) is 1. The number of pyridine rings is 1. The number of aryl methyl sites for hydroxylation is 2. The van der Waals surface area contributed by atoms with E-state index in [1.807, 2.05) is 72.9 Å². The van der Waals surface area contributed by atoms with E-state index in [4.69, 9.17) is 21.1 Å². The van der Waals surface area contributed by atoms with Gasteiger partial charge < -0.3 is 14.0 Å². The highest BCUT2D eigenvalue weighted by atomic mass is 35.5. The van der Waals surface area contributed by atoms with Crippen molar-refractivity contribution in [3.05, 3.63) is 112 Å². The predicted molar refractivity (Wildman–Crippen MR) is 143 cm³/mol. The lowest BCUT2D eigenvalue weighted by Crippen LogP contribution is -2.19. The monoisotopic (exact) mass is 501 g/mol. The minimum absolute atomic E-state index is 0.0331. The quantitative estimate of drug-likeness (QED) is 0.236. The third-order valence-electron chi connectivity index (χ3n) is 5.80. The number of aromatic nitrogens is 1. The number of esters is 1. The van der Waals surface area contributed by atoms with Crippen LogP contribution < -0.4 is 10.3 Å². The van der Waals surface area contributed by atoms with Gasteiger partial charge in [-0.25, -0.2) is 4.79 Å². The number of benzene rings is 3. The van der Waals surface area contributed by atoms with Crippen LogP contribution in [0.25, 0.3) is 22.3 Å². The summed E-state index contributed by atoms with van der Waals surface area (Å²) in [4.78, 5) is 24.1. The summed E-state index contributed by atoms with van der Waals surface area (Å²) in [6.45, 7) is 2.56. The highest BCUT2D eigenvalue weighted by Gasteiger charge is 2.09. The Morgan fingerprint density at radius 2 is 1.61 bits per heavy atom. The van der Waals surface area contributed by atoms with Crippen LogP contribution >= 0.6 is 11.6 Å². The average molecular weight is 502 g/mol. The summed E-state index contributed by atoms with van der Waals surface area (Å²) >= 11 is 6.07. The second-order valence-electron chi connectivity index (χ2n) is 8.35. The molecule has 36 heavy (non-hydrogen) atoms. The maximum atomic E-state index is 12.6. The third kappa shape index (κ3) is 6.64. The zero-order valence-corrected chi connectivity index (χ0v) is 20.9. The van der Waals surface area contributed by atoms with Gasteiger partial charge in [-0.15, -0.1) is 0 Å². The van der Waals surface area contributed by atoms with Crippen molar-refractivity contribution in [3.8, 4) is 28.0 Å². The molecule has 0 spiro atoms. The third-order valence-corrected chi connectivity index (χ3v) is 6.05. The Hall–Kier alpha value is -3.83. The number of halogens is 1. The summed E-state index contributed by atoms with van der Waals surface area (Å²) in [6.07, 6.45) is 3.48. The Morgan fingerprint density at radius 1 is 0.889 bits per heavy atom. The molecule has 0 aliphatic heterocycles. The van der Waals surface area contributed by atoms with E-state index in [2.05, 4.69) is 12.1 Å². The van der Waals surface area contributed by atoms with Crippen molar-refractivity contribution in [3.63, 3.8) is 0 Å². The molecule has 0 amide bonds. The van der Waals surface area contributed by atoms with Crippen molar-refractivity contribution in [1.29, 1.82) is 0 Å². The topological polar surface area (TPSA) is 57.5 Å². The lowest BCUT2D eigenvalue weighted by atomic mass is 9.95. The normalized spacial score (nSPS) is 10.7. The van der Waals surface area contributed by atoms with Crippen LogP contribution in [-0.2, 0) is 22.5 Å². The van der Waals surface area contributed by atoms with Crippen molar-refractivity contribution < 1.29 is 14.3 Å². The standard InChI is InChI=1S/C30H28ClNO4/c1-2-35-30(34)21-36-26-9-5-7-22(19-26)8-6-18-32-20-24(14-17-29(32)33)28-11-4-3-10-27(28)23-12-15-25(31)16-13-23/h3-5,7,9-17,19-20H,2,6,8,18,21H2,1H3. The molecule has 4 aromatic rings. The Kier molecular flexibility index (Phi) is 8.58. The van der Waals surface area contributed by atoms with Crippen LogP contribution in [0, 0.1) is 0 Å². The molecule has 0 saturated heterocycles. The Bertz CT molecular complexity index is 1380. The number of rotatable bonds is 10. The minimum Gasteiger partial charge on any atom is -0.482 e. The molecule has 0 aliphatic rings. The van der Waals surface area contributed by atoms with E-state index >= 15 is 0 Å². The van der Waals surface area contributed by atoms with Crippen LogP contribution in [0.2, 0.25) is 5.02 Å². The van der Waals surface area contributed by atoms with Crippen LogP contribution in [0.3, 0.4) is 0 Å². The molecule has 5 nitrogen and oxygen atoms in total. The summed E-state index contributed by atoms with van der Waals surface area (Å²) in [5, 5.41) is 0.695. The Balaban J connectivity index is 1.45. The second-order valence-corrected chi connectivity index (χ2v) is 8.78. The van der Waals surface area contributed by atoms with E-state index in [1.165, 1.54) is 0 Å². The summed E-state index contributed by atoms with van der Waals surface area (Å²) in [5.74, 6) is 0.235. The molecular formula is C30H28ClNO4. The number of hydrogen-bond donors (Lipinski definition) is 0. The maximum absolute atomic E-state index is 12.6. The highest BCUT2D eigenvalue weighted by molar-refractivity contribution is 6.30. The second kappa shape index (κ2) is 12.2. The molecule has 184 valence electrons. The van der Waals surface area contributed by atoms with E-state index in [-0.39, 0.29) is 18.1 Å². The van der Waals surface area contributed by atoms with Gasteiger partial charge in [0.25, 0.3) is 5.56 Å². The molecule has 1 heterocycles. The molecule has 0 unspecified atom stereocenters. The van der Waals surface area contributed by atoms with Gasteiger partial charge in [-0.05, 0) is 77.9 Å². The zero-order valence-electron chi connectivity index (χ0n) is 20.2. The van der Waals surface area contributed by atoms with Gasteiger partial charge in [-0.3, -0.25) is 4.79 Å². The van der Waals surface area contributed by atoms with Gasteiger partial charge in [-0.1, -0.05) is 60.1 Å². The first-order valence-electron chi connectivity index (χ1n) is 12.0. The Morgan fingerprint density at radius 3 is 2.36 bits per heavy atom. The SMILES string of the molecule is CCOC(=O)COc1cccc(CCCn2cc(-c3ccccc3-c3ccc(Cl)cc3)ccc2=O)c1. The Labute approximate surface area is 215 Å². The fourth-order valence-electron chi connectivity index (χ4n) is 4.07. The molecule has 0 bridgehead atoms. The average Bonchev–Trinajstić information content (AvgIpc) is 2.89. The van der Waals surface area contributed by atoms with Crippen LogP contribution in [0.5, 0.6) is 5.75 Å². The van der Waals surface area contributed by atoms with Gasteiger partial charge in [0.1, 0.15) is 5.75 Å². The zero-order chi connectivity index (χ0) is 25.3. The number of carbonyl (C=O) groups excluding carboxylic acids is 1. The molecule has 1 aromatic heterocycles. The molecule has 0 fully saturated rings. The van der Waals surface area contributed by atoms with E-state index in [1.54, 1.807) is 17.6 Å². The largest absolute Gasteiger partial charge is 0.482 e. The minimum atomic E-state index is -0.389. The number of carbonyl (C=O) groups is 1. The summed E-state index contributed by atoms with van der Waals surface area (Å²) in [7, 11) is 0. The van der Waals surface area contributed by atoms with Crippen LogP contribution in [0.1, 0.15) is 18.9 Å². The van der Waals surface area contributed by atoms with Crippen molar-refractivity contribution in [1.82, 2.24) is 4.57 Å². The molecule has 6 heteroatoms. The molecular weight excluding hydrogens is 474 g/mol. The molecule has 0 aliphatic carbocycles. The molecule has 0 saturated carbocycles. The van der Waals surface area contributed by atoms with E-state index in [9.17, 15) is 9.59 Å². The molecule has 3 aromatic carbocycles. The fourth-order valence-corrected chi connectivity index (χ4v) is 4.20. The maximum Gasteiger partial charge on any atom is 0.344 e. The van der Waals surface area contributed by atoms with Crippen molar-refractivity contribution in [2.45, 2.75) is 26.3 Å². The molecule has 0 N–H and O–H groups in total. The smallest absolute Gasteiger partial charge is 0.344 e. The van der Waals surface area contributed by atoms with E-state index < -0.39 is 0 Å². The van der Waals surface area contributed by atoms with Gasteiger partial charge in [0.15, 0.2) is 6.61 Å². The van der Waals surface area contributed by atoms with Crippen LogP contribution in [-0.4, -0.2) is 23.8 Å². The van der Waals surface area contributed by atoms with E-state index in [0.717, 1.165) is 40.7 Å². The molecule has 0 radical (unpaired) electrons. The first-order valence-corrected chi connectivity index (χ1v) is 12.3. The first-order chi connectivity index (χ1) is 17.5.